The lowest BCUT2D eigenvalue weighted by molar-refractivity contribution is -0.143. The van der Waals surface area contributed by atoms with Crippen molar-refractivity contribution >= 4 is 11.9 Å². The summed E-state index contributed by atoms with van der Waals surface area (Å²) in [5.41, 5.74) is 0. The van der Waals surface area contributed by atoms with E-state index in [1.165, 1.54) is 0 Å². The second-order valence-electron chi connectivity index (χ2n) is 5.69. The number of amides is 1. The number of hydrogen-bond donors (Lipinski definition) is 1. The molecule has 2 unspecified atom stereocenters. The lowest BCUT2D eigenvalue weighted by Crippen LogP contribution is -2.38. The van der Waals surface area contributed by atoms with Crippen molar-refractivity contribution < 1.29 is 19.4 Å². The molecule has 0 aromatic heterocycles. The highest BCUT2D eigenvalue weighted by Gasteiger charge is 2.34. The van der Waals surface area contributed by atoms with Gasteiger partial charge in [-0.3, -0.25) is 9.59 Å². The lowest BCUT2D eigenvalue weighted by atomic mass is 10.1. The summed E-state index contributed by atoms with van der Waals surface area (Å²) in [4.78, 5) is 24.9. The maximum absolute atomic E-state index is 12.2. The molecular weight excluding hydrogens is 246 g/mol. The number of hydrogen-bond acceptors (Lipinski definition) is 3. The van der Waals surface area contributed by atoms with E-state index in [2.05, 4.69) is 0 Å². The Balaban J connectivity index is 1.80. The molecule has 2 rings (SSSR count). The molecule has 1 saturated heterocycles. The van der Waals surface area contributed by atoms with Crippen LogP contribution in [-0.2, 0) is 14.3 Å². The molecule has 5 nitrogen and oxygen atoms in total. The molecule has 0 aromatic rings. The van der Waals surface area contributed by atoms with Gasteiger partial charge in [0.05, 0.1) is 12.0 Å². The SMILES string of the molecule is CC(CN(C(=O)CCC1CCCO1)C1CC1)C(=O)O. The van der Waals surface area contributed by atoms with Crippen LogP contribution < -0.4 is 0 Å². The molecule has 0 aromatic carbocycles. The summed E-state index contributed by atoms with van der Waals surface area (Å²) < 4.78 is 5.51. The predicted molar refractivity (Wildman–Crippen MR) is 69.7 cm³/mol. The fraction of sp³-hybridized carbons (Fsp3) is 0.857. The van der Waals surface area contributed by atoms with Crippen LogP contribution in [-0.4, -0.2) is 47.2 Å². The van der Waals surface area contributed by atoms with Crippen molar-refractivity contribution in [3.8, 4) is 0 Å². The molecule has 0 spiro atoms. The quantitative estimate of drug-likeness (QED) is 0.763. The Morgan fingerprint density at radius 3 is 2.63 bits per heavy atom. The highest BCUT2D eigenvalue weighted by atomic mass is 16.5. The number of aliphatic carboxylic acids is 1. The van der Waals surface area contributed by atoms with E-state index in [0.717, 1.165) is 38.7 Å². The van der Waals surface area contributed by atoms with Crippen molar-refractivity contribution in [3.63, 3.8) is 0 Å². The summed E-state index contributed by atoms with van der Waals surface area (Å²) in [6.07, 6.45) is 5.62. The Labute approximate surface area is 113 Å². The molecule has 2 atom stereocenters. The van der Waals surface area contributed by atoms with Gasteiger partial charge in [-0.25, -0.2) is 0 Å². The molecule has 1 saturated carbocycles. The molecule has 1 heterocycles. The average Bonchev–Trinajstić information content (AvgIpc) is 3.08. The minimum atomic E-state index is -0.836. The number of carbonyl (C=O) groups excluding carboxylic acids is 1. The molecule has 1 N–H and O–H groups in total. The van der Waals surface area contributed by atoms with Crippen LogP contribution in [0.2, 0.25) is 0 Å². The molecule has 2 fully saturated rings. The molecule has 1 aliphatic carbocycles. The first-order chi connectivity index (χ1) is 9.08. The number of nitrogens with zero attached hydrogens (tertiary/aromatic N) is 1. The third kappa shape index (κ3) is 4.20. The highest BCUT2D eigenvalue weighted by molar-refractivity contribution is 5.78. The van der Waals surface area contributed by atoms with E-state index in [9.17, 15) is 9.59 Å². The van der Waals surface area contributed by atoms with Gasteiger partial charge in [0.25, 0.3) is 0 Å². The van der Waals surface area contributed by atoms with E-state index in [4.69, 9.17) is 9.84 Å². The van der Waals surface area contributed by atoms with Crippen molar-refractivity contribution in [2.45, 2.75) is 57.6 Å². The van der Waals surface area contributed by atoms with Gasteiger partial charge in [0.1, 0.15) is 0 Å². The number of carboxylic acids is 1. The van der Waals surface area contributed by atoms with E-state index in [0.29, 0.717) is 13.0 Å². The van der Waals surface area contributed by atoms with Gasteiger partial charge in [0.15, 0.2) is 0 Å². The topological polar surface area (TPSA) is 66.8 Å². The predicted octanol–water partition coefficient (Wildman–Crippen LogP) is 1.66. The molecule has 108 valence electrons. The fourth-order valence-corrected chi connectivity index (χ4v) is 2.51. The Bertz CT molecular complexity index is 334. The third-order valence-corrected chi connectivity index (χ3v) is 3.90. The van der Waals surface area contributed by atoms with Crippen LogP contribution in [0, 0.1) is 5.92 Å². The van der Waals surface area contributed by atoms with Crippen LogP contribution >= 0.6 is 0 Å². The molecule has 0 radical (unpaired) electrons. The molecule has 5 heteroatoms. The molecule has 1 amide bonds. The van der Waals surface area contributed by atoms with Gasteiger partial charge >= 0.3 is 5.97 Å². The largest absolute Gasteiger partial charge is 0.481 e. The van der Waals surface area contributed by atoms with Crippen LogP contribution in [0.25, 0.3) is 0 Å². The Morgan fingerprint density at radius 1 is 1.37 bits per heavy atom. The molecule has 1 aliphatic heterocycles. The zero-order chi connectivity index (χ0) is 13.8. The maximum atomic E-state index is 12.2. The van der Waals surface area contributed by atoms with E-state index >= 15 is 0 Å². The van der Waals surface area contributed by atoms with Crippen molar-refractivity contribution in [2.75, 3.05) is 13.2 Å². The Hall–Kier alpha value is -1.10. The van der Waals surface area contributed by atoms with Gasteiger partial charge in [0.2, 0.25) is 5.91 Å². The van der Waals surface area contributed by atoms with Crippen LogP contribution in [0.5, 0.6) is 0 Å². The molecule has 19 heavy (non-hydrogen) atoms. The molecule has 0 bridgehead atoms. The lowest BCUT2D eigenvalue weighted by Gasteiger charge is -2.25. The molecular formula is C14H23NO4. The Morgan fingerprint density at radius 2 is 2.11 bits per heavy atom. The summed E-state index contributed by atoms with van der Waals surface area (Å²) in [5, 5.41) is 8.96. The van der Waals surface area contributed by atoms with Crippen molar-refractivity contribution in [1.82, 2.24) is 4.90 Å². The number of ether oxygens (including phenoxy) is 1. The monoisotopic (exact) mass is 269 g/mol. The van der Waals surface area contributed by atoms with Gasteiger partial charge in [-0.2, -0.15) is 0 Å². The van der Waals surface area contributed by atoms with Crippen LogP contribution in [0.3, 0.4) is 0 Å². The number of carboxylic acid groups (broad SMARTS) is 1. The van der Waals surface area contributed by atoms with E-state index in [-0.39, 0.29) is 18.1 Å². The first-order valence-corrected chi connectivity index (χ1v) is 7.22. The number of rotatable bonds is 7. The summed E-state index contributed by atoms with van der Waals surface area (Å²) in [6, 6.07) is 0.277. The summed E-state index contributed by atoms with van der Waals surface area (Å²) in [5.74, 6) is -1.24. The maximum Gasteiger partial charge on any atom is 0.308 e. The van der Waals surface area contributed by atoms with Crippen molar-refractivity contribution in [1.29, 1.82) is 0 Å². The minimum Gasteiger partial charge on any atom is -0.481 e. The minimum absolute atomic E-state index is 0.0890. The zero-order valence-corrected chi connectivity index (χ0v) is 11.5. The highest BCUT2D eigenvalue weighted by Crippen LogP contribution is 2.29. The van der Waals surface area contributed by atoms with Crippen molar-refractivity contribution in [2.24, 2.45) is 5.92 Å². The van der Waals surface area contributed by atoms with Crippen molar-refractivity contribution in [3.05, 3.63) is 0 Å². The second kappa shape index (κ2) is 6.37. The van der Waals surface area contributed by atoms with Crippen LogP contribution in [0.15, 0.2) is 0 Å². The smallest absolute Gasteiger partial charge is 0.308 e. The Kier molecular flexibility index (Phi) is 4.80. The normalized spacial score (nSPS) is 24.2. The third-order valence-electron chi connectivity index (χ3n) is 3.90. The van der Waals surface area contributed by atoms with E-state index in [1.807, 2.05) is 0 Å². The van der Waals surface area contributed by atoms with Crippen LogP contribution in [0.4, 0.5) is 0 Å². The molecule has 2 aliphatic rings. The van der Waals surface area contributed by atoms with E-state index < -0.39 is 11.9 Å². The standard InChI is InChI=1S/C14H23NO4/c1-10(14(17)18)9-15(11-4-5-11)13(16)7-6-12-3-2-8-19-12/h10-12H,2-9H2,1H3,(H,17,18). The van der Waals surface area contributed by atoms with Gasteiger partial charge in [-0.05, 0) is 32.1 Å². The first kappa shape index (κ1) is 14.3. The zero-order valence-electron chi connectivity index (χ0n) is 11.5. The number of carbonyl (C=O) groups is 2. The van der Waals surface area contributed by atoms with Crippen LogP contribution in [0.1, 0.15) is 45.4 Å². The van der Waals surface area contributed by atoms with Gasteiger partial charge in [-0.15, -0.1) is 0 Å². The second-order valence-corrected chi connectivity index (χ2v) is 5.69. The van der Waals surface area contributed by atoms with Gasteiger partial charge in [-0.1, -0.05) is 6.92 Å². The van der Waals surface area contributed by atoms with E-state index in [1.54, 1.807) is 11.8 Å². The summed E-state index contributed by atoms with van der Waals surface area (Å²) in [7, 11) is 0. The van der Waals surface area contributed by atoms with Gasteiger partial charge in [0, 0.05) is 25.6 Å². The average molecular weight is 269 g/mol. The first-order valence-electron chi connectivity index (χ1n) is 7.22. The fourth-order valence-electron chi connectivity index (χ4n) is 2.51. The van der Waals surface area contributed by atoms with Gasteiger partial charge < -0.3 is 14.7 Å². The summed E-state index contributed by atoms with van der Waals surface area (Å²) >= 11 is 0. The summed E-state index contributed by atoms with van der Waals surface area (Å²) in [6.45, 7) is 2.80.